The quantitative estimate of drug-likeness (QED) is 0.00966. The highest BCUT2D eigenvalue weighted by Gasteiger charge is 2.39. The van der Waals surface area contributed by atoms with Crippen LogP contribution in [0.15, 0.2) is 59.4 Å². The molecule has 2 aromatic carbocycles. The Bertz CT molecular complexity index is 3930. The number of halogens is 1. The van der Waals surface area contributed by atoms with Gasteiger partial charge in [-0.05, 0) is 48.1 Å². The molecule has 0 radical (unpaired) electrons. The molecule has 1 unspecified atom stereocenters. The predicted molar refractivity (Wildman–Crippen MR) is 403 cm³/mol. The summed E-state index contributed by atoms with van der Waals surface area (Å²) in [4.78, 5) is 145. The highest BCUT2D eigenvalue weighted by Crippen LogP contribution is 2.45. The molecular formula is C77H105FN10O27. The van der Waals surface area contributed by atoms with Gasteiger partial charge in [-0.3, -0.25) is 52.8 Å². The highest BCUT2D eigenvalue weighted by molar-refractivity contribution is 6.13. The lowest BCUT2D eigenvalue weighted by atomic mass is 9.81. The molecule has 4 aromatic rings. The van der Waals surface area contributed by atoms with Crippen molar-refractivity contribution in [2.45, 2.75) is 82.9 Å². The summed E-state index contributed by atoms with van der Waals surface area (Å²) in [6.07, 6.45) is 0.224. The van der Waals surface area contributed by atoms with Crippen molar-refractivity contribution in [1.29, 1.82) is 0 Å². The zero-order chi connectivity index (χ0) is 81.9. The molecule has 8 N–H and O–H groups in total. The number of amides is 9. The van der Waals surface area contributed by atoms with E-state index in [0.717, 1.165) is 10.5 Å². The number of rotatable bonds is 60. The SMILES string of the molecule is CO[C@@H]1C(=O)OCc2c1cc1n(c2=O)Cc2c-1nc1cc(F)c(C)c3c1c2C(NC(=O)[C@H](O)CCOCNC(=O)CNC(=O)[C@H](Cc1ccccc1)NC(=O)CNC(=O)CNC(=O)CCOCCOCCOCCOCCOCCOCCOCCOCCOCCOCCOCCOCCNC(=O)CCN1C(=O)C=CC1=O)CC3. The van der Waals surface area contributed by atoms with Gasteiger partial charge >= 0.3 is 5.97 Å². The van der Waals surface area contributed by atoms with Crippen molar-refractivity contribution in [3.8, 4) is 11.4 Å². The number of methoxy groups -OCH3 is 1. The van der Waals surface area contributed by atoms with E-state index in [1.54, 1.807) is 43.3 Å². The van der Waals surface area contributed by atoms with Gasteiger partial charge in [-0.2, -0.15) is 0 Å². The van der Waals surface area contributed by atoms with Gasteiger partial charge in [-0.25, -0.2) is 14.2 Å². The average Bonchev–Trinajstić information content (AvgIpc) is 1.68. The number of hydrogen-bond acceptors (Lipinski definition) is 28. The Morgan fingerprint density at radius 3 is 1.65 bits per heavy atom. The maximum Gasteiger partial charge on any atom is 0.340 e. The Labute approximate surface area is 663 Å². The number of pyridine rings is 2. The summed E-state index contributed by atoms with van der Waals surface area (Å²) >= 11 is 0. The number of benzene rings is 2. The molecule has 1 aliphatic carbocycles. The van der Waals surface area contributed by atoms with Crippen LogP contribution in [0.4, 0.5) is 4.39 Å². The fourth-order valence-electron chi connectivity index (χ4n) is 12.3. The molecule has 37 nitrogen and oxygen atoms in total. The van der Waals surface area contributed by atoms with Crippen molar-refractivity contribution in [2.75, 3.05) is 212 Å². The average molecular weight is 1620 g/mol. The Kier molecular flexibility index (Phi) is 40.5. The molecule has 115 heavy (non-hydrogen) atoms. The van der Waals surface area contributed by atoms with Gasteiger partial charge < -0.3 is 118 Å². The number of cyclic esters (lactones) is 1. The van der Waals surface area contributed by atoms with E-state index in [1.807, 2.05) is 0 Å². The summed E-state index contributed by atoms with van der Waals surface area (Å²) in [6.45, 7) is 8.64. The lowest BCUT2D eigenvalue weighted by molar-refractivity contribution is -0.160. The van der Waals surface area contributed by atoms with Gasteiger partial charge in [-0.1, -0.05) is 30.3 Å². The molecule has 4 aliphatic rings. The van der Waals surface area contributed by atoms with Crippen LogP contribution >= 0.6 is 0 Å². The van der Waals surface area contributed by atoms with Gasteiger partial charge in [0.2, 0.25) is 41.4 Å². The number of nitrogens with zero attached hydrogens (tertiary/aromatic N) is 3. The molecule has 0 fully saturated rings. The lowest BCUT2D eigenvalue weighted by Crippen LogP contribution is -2.52. The summed E-state index contributed by atoms with van der Waals surface area (Å²) in [5.41, 5.74) is 4.40. The van der Waals surface area contributed by atoms with Gasteiger partial charge in [0.15, 0.2) is 6.10 Å². The van der Waals surface area contributed by atoms with Crippen molar-refractivity contribution < 1.29 is 128 Å². The van der Waals surface area contributed by atoms with Crippen LogP contribution in [0, 0.1) is 12.7 Å². The number of imide groups is 1. The fourth-order valence-corrected chi connectivity index (χ4v) is 12.3. The second-order valence-electron chi connectivity index (χ2n) is 26.3. The first-order chi connectivity index (χ1) is 55.9. The van der Waals surface area contributed by atoms with Crippen LogP contribution in [0.3, 0.4) is 0 Å². The zero-order valence-corrected chi connectivity index (χ0v) is 64.9. The van der Waals surface area contributed by atoms with Crippen molar-refractivity contribution in [3.05, 3.63) is 110 Å². The molecule has 2 aromatic heterocycles. The molecule has 3 aliphatic heterocycles. The van der Waals surface area contributed by atoms with E-state index in [4.69, 9.17) is 76.0 Å². The summed E-state index contributed by atoms with van der Waals surface area (Å²) in [5, 5.41) is 29.7. The number of carbonyl (C=O) groups is 10. The normalized spacial score (nSPS) is 15.1. The maximum atomic E-state index is 15.4. The number of aromatic nitrogens is 2. The molecule has 38 heteroatoms. The van der Waals surface area contributed by atoms with Gasteiger partial charge in [0.1, 0.15) is 31.3 Å². The number of nitrogens with one attached hydrogen (secondary N) is 7. The molecule has 0 spiro atoms. The smallest absolute Gasteiger partial charge is 0.340 e. The number of esters is 1. The second-order valence-corrected chi connectivity index (χ2v) is 26.3. The van der Waals surface area contributed by atoms with Crippen LogP contribution in [0.5, 0.6) is 0 Å². The highest BCUT2D eigenvalue weighted by atomic mass is 19.1. The van der Waals surface area contributed by atoms with E-state index < -0.39 is 109 Å². The fraction of sp³-hybridized carbons (Fsp3) is 0.584. The van der Waals surface area contributed by atoms with Crippen molar-refractivity contribution in [1.82, 2.24) is 51.7 Å². The van der Waals surface area contributed by atoms with Crippen LogP contribution < -0.4 is 42.8 Å². The van der Waals surface area contributed by atoms with Crippen LogP contribution in [0.2, 0.25) is 0 Å². The summed E-state index contributed by atoms with van der Waals surface area (Å²) < 4.78 is 98.9. The maximum absolute atomic E-state index is 15.4. The Morgan fingerprint density at radius 1 is 0.574 bits per heavy atom. The van der Waals surface area contributed by atoms with E-state index in [2.05, 4.69) is 37.2 Å². The number of hydrogen-bond donors (Lipinski definition) is 8. The molecule has 0 saturated heterocycles. The van der Waals surface area contributed by atoms with Crippen LogP contribution in [0.1, 0.15) is 76.8 Å². The first-order valence-corrected chi connectivity index (χ1v) is 38.2. The summed E-state index contributed by atoms with van der Waals surface area (Å²) in [5.74, 6) is -6.16. The summed E-state index contributed by atoms with van der Waals surface area (Å²) in [6, 6.07) is 9.89. The number of fused-ring (bicyclic) bond motifs is 5. The van der Waals surface area contributed by atoms with Gasteiger partial charge in [0.25, 0.3) is 17.4 Å². The van der Waals surface area contributed by atoms with E-state index in [0.29, 0.717) is 208 Å². The number of aryl methyl sites for hydroxylation is 1. The van der Waals surface area contributed by atoms with E-state index in [1.165, 1.54) is 29.9 Å². The first-order valence-electron chi connectivity index (χ1n) is 38.2. The first kappa shape index (κ1) is 91.3. The van der Waals surface area contributed by atoms with E-state index in [-0.39, 0.29) is 90.0 Å². The van der Waals surface area contributed by atoms with Gasteiger partial charge in [0.05, 0.1) is 220 Å². The van der Waals surface area contributed by atoms with Gasteiger partial charge in [-0.15, -0.1) is 0 Å². The van der Waals surface area contributed by atoms with Crippen LogP contribution in [-0.2, 0) is 145 Å². The molecule has 5 heterocycles. The van der Waals surface area contributed by atoms with E-state index in [9.17, 15) is 57.8 Å². The lowest BCUT2D eigenvalue weighted by Gasteiger charge is -2.30. The topological polar surface area (TPSA) is 452 Å². The number of carbonyl (C=O) groups excluding carboxylic acids is 10. The van der Waals surface area contributed by atoms with Crippen molar-refractivity contribution >= 4 is 70.0 Å². The molecule has 8 rings (SSSR count). The number of ether oxygens (including phenoxy) is 15. The minimum Gasteiger partial charge on any atom is -0.458 e. The third kappa shape index (κ3) is 30.7. The standard InChI is InChI=1S/C77H105FN10O27/c1-51-53-8-9-58(71-55-48-88-61(72(55)85-59(70(53)71)44-57(51)78)43-54-56(76(88)99)49-115-77(100)73(54)101-2)86-75(98)62(89)13-17-114-50-83-66(93)46-82-74(97)60(42-52-6-4-3-5-7-52)84-67(94)47-81-65(92)45-80-64(91)14-18-102-20-22-104-24-26-106-28-30-108-32-34-110-36-38-112-40-41-113-39-37-111-35-33-109-31-29-107-27-25-105-23-21-103-19-15-79-63(90)12-16-87-68(95)10-11-69(87)96/h3-7,10-11,43-44,58,60,62,73,89H,8-9,12-42,45-50H2,1-2H3,(H,79,90)(H,80,91)(H,81,92)(H,82,97)(H,83,93)(H,84,94)(H,86,98)/t58?,60-,62+,73-/m0/s1. The van der Waals surface area contributed by atoms with E-state index >= 15 is 4.39 Å². The zero-order valence-electron chi connectivity index (χ0n) is 64.9. The molecular weight excluding hydrogens is 1520 g/mol. The Hall–Kier alpha value is -9.23. The monoisotopic (exact) mass is 1620 g/mol. The van der Waals surface area contributed by atoms with Crippen LogP contribution in [0.25, 0.3) is 22.3 Å². The minimum atomic E-state index is -1.56. The molecule has 632 valence electrons. The Balaban J connectivity index is 0.556. The van der Waals surface area contributed by atoms with Gasteiger partial charge in [0, 0.05) is 80.6 Å². The molecule has 9 amide bonds. The van der Waals surface area contributed by atoms with Crippen LogP contribution in [-0.4, -0.2) is 303 Å². The summed E-state index contributed by atoms with van der Waals surface area (Å²) in [7, 11) is 1.33. The predicted octanol–water partition coefficient (Wildman–Crippen LogP) is -1.34. The van der Waals surface area contributed by atoms with Crippen molar-refractivity contribution in [3.63, 3.8) is 0 Å². The number of aliphatic hydroxyl groups is 1. The Morgan fingerprint density at radius 2 is 1.09 bits per heavy atom. The molecule has 0 bridgehead atoms. The second kappa shape index (κ2) is 51.0. The number of aliphatic hydroxyl groups excluding tert-OH is 1. The largest absolute Gasteiger partial charge is 0.458 e. The molecule has 4 atom stereocenters. The minimum absolute atomic E-state index is 0.0286. The third-order valence-corrected chi connectivity index (χ3v) is 18.2. The van der Waals surface area contributed by atoms with Crippen molar-refractivity contribution in [2.24, 2.45) is 0 Å². The molecule has 0 saturated carbocycles. The third-order valence-electron chi connectivity index (χ3n) is 18.2.